The van der Waals surface area contributed by atoms with Gasteiger partial charge >= 0.3 is 0 Å². The number of nitrogens with one attached hydrogen (secondary N) is 2. The van der Waals surface area contributed by atoms with Crippen LogP contribution in [0.25, 0.3) is 10.9 Å². The quantitative estimate of drug-likeness (QED) is 0.850. The SMILES string of the molecule is O=S(=O)(CCNC1CC1)Nc1cccc2ncccc12. The fourth-order valence-electron chi connectivity index (χ4n) is 2.10. The lowest BCUT2D eigenvalue weighted by Crippen LogP contribution is -2.28. The Balaban J connectivity index is 1.74. The lowest BCUT2D eigenvalue weighted by atomic mass is 10.2. The van der Waals surface area contributed by atoms with Gasteiger partial charge in [0.1, 0.15) is 0 Å². The van der Waals surface area contributed by atoms with Crippen LogP contribution in [-0.2, 0) is 10.0 Å². The van der Waals surface area contributed by atoms with Crippen LogP contribution in [-0.4, -0.2) is 31.7 Å². The molecular formula is C14H17N3O2S. The van der Waals surface area contributed by atoms with Gasteiger partial charge in [-0.25, -0.2) is 8.42 Å². The fraction of sp³-hybridized carbons (Fsp3) is 0.357. The molecule has 1 aromatic carbocycles. The predicted octanol–water partition coefficient (Wildman–Crippen LogP) is 1.73. The Kier molecular flexibility index (Phi) is 3.58. The van der Waals surface area contributed by atoms with Crippen molar-refractivity contribution in [2.24, 2.45) is 0 Å². The van der Waals surface area contributed by atoms with Crippen LogP contribution in [0, 0.1) is 0 Å². The maximum Gasteiger partial charge on any atom is 0.233 e. The van der Waals surface area contributed by atoms with Gasteiger partial charge in [0.2, 0.25) is 10.0 Å². The monoisotopic (exact) mass is 291 g/mol. The van der Waals surface area contributed by atoms with Crippen LogP contribution in [0.2, 0.25) is 0 Å². The first-order valence-electron chi connectivity index (χ1n) is 6.72. The largest absolute Gasteiger partial charge is 0.313 e. The zero-order valence-electron chi connectivity index (χ0n) is 11.0. The van der Waals surface area contributed by atoms with E-state index < -0.39 is 10.0 Å². The summed E-state index contributed by atoms with van der Waals surface area (Å²) in [6, 6.07) is 9.61. The molecule has 0 radical (unpaired) electrons. The molecule has 0 amide bonds. The van der Waals surface area contributed by atoms with Gasteiger partial charge in [0, 0.05) is 24.2 Å². The third-order valence-electron chi connectivity index (χ3n) is 3.29. The zero-order chi connectivity index (χ0) is 14.0. The molecule has 2 aromatic rings. The number of aromatic nitrogens is 1. The molecular weight excluding hydrogens is 274 g/mol. The number of pyridine rings is 1. The average molecular weight is 291 g/mol. The molecule has 0 saturated heterocycles. The molecule has 0 bridgehead atoms. The fourth-order valence-corrected chi connectivity index (χ4v) is 3.10. The second kappa shape index (κ2) is 5.38. The van der Waals surface area contributed by atoms with Gasteiger partial charge in [0.25, 0.3) is 0 Å². The molecule has 1 saturated carbocycles. The maximum atomic E-state index is 12.1. The lowest BCUT2D eigenvalue weighted by Gasteiger charge is -2.10. The number of benzene rings is 1. The second-order valence-electron chi connectivity index (χ2n) is 5.02. The molecule has 1 aliphatic rings. The van der Waals surface area contributed by atoms with Crippen molar-refractivity contribution in [3.05, 3.63) is 36.5 Å². The molecule has 1 aliphatic carbocycles. The molecule has 3 rings (SSSR count). The van der Waals surface area contributed by atoms with E-state index in [0.29, 0.717) is 18.3 Å². The molecule has 0 unspecified atom stereocenters. The maximum absolute atomic E-state index is 12.1. The molecule has 6 heteroatoms. The number of rotatable bonds is 6. The molecule has 1 fully saturated rings. The zero-order valence-corrected chi connectivity index (χ0v) is 11.9. The number of sulfonamides is 1. The number of fused-ring (bicyclic) bond motifs is 1. The van der Waals surface area contributed by atoms with E-state index in [-0.39, 0.29) is 5.75 Å². The van der Waals surface area contributed by atoms with Crippen molar-refractivity contribution in [3.63, 3.8) is 0 Å². The first-order valence-corrected chi connectivity index (χ1v) is 8.37. The van der Waals surface area contributed by atoms with Crippen molar-refractivity contribution < 1.29 is 8.42 Å². The topological polar surface area (TPSA) is 71.1 Å². The van der Waals surface area contributed by atoms with E-state index in [2.05, 4.69) is 15.0 Å². The van der Waals surface area contributed by atoms with E-state index in [4.69, 9.17) is 0 Å². The van der Waals surface area contributed by atoms with Crippen molar-refractivity contribution in [1.29, 1.82) is 0 Å². The van der Waals surface area contributed by atoms with Gasteiger partial charge in [0.15, 0.2) is 0 Å². The van der Waals surface area contributed by atoms with Gasteiger partial charge in [-0.15, -0.1) is 0 Å². The van der Waals surface area contributed by atoms with Gasteiger partial charge in [-0.05, 0) is 37.1 Å². The Labute approximate surface area is 118 Å². The summed E-state index contributed by atoms with van der Waals surface area (Å²) in [5.41, 5.74) is 1.37. The van der Waals surface area contributed by atoms with Crippen molar-refractivity contribution in [1.82, 2.24) is 10.3 Å². The summed E-state index contributed by atoms with van der Waals surface area (Å²) in [6.45, 7) is 0.489. The Bertz CT molecular complexity index is 706. The Morgan fingerprint density at radius 2 is 2.05 bits per heavy atom. The molecule has 1 heterocycles. The predicted molar refractivity (Wildman–Crippen MR) is 80.2 cm³/mol. The van der Waals surface area contributed by atoms with Crippen molar-refractivity contribution in [3.8, 4) is 0 Å². The van der Waals surface area contributed by atoms with Gasteiger partial charge in [-0.1, -0.05) is 6.07 Å². The first kappa shape index (κ1) is 13.3. The normalized spacial score (nSPS) is 15.4. The van der Waals surface area contributed by atoms with E-state index in [1.807, 2.05) is 12.1 Å². The highest BCUT2D eigenvalue weighted by atomic mass is 32.2. The smallest absolute Gasteiger partial charge is 0.233 e. The minimum absolute atomic E-state index is 0.0835. The Hall–Kier alpha value is -1.66. The van der Waals surface area contributed by atoms with Crippen molar-refractivity contribution in [2.45, 2.75) is 18.9 Å². The summed E-state index contributed by atoms with van der Waals surface area (Å²) in [5.74, 6) is 0.0835. The third-order valence-corrected chi connectivity index (χ3v) is 4.56. The summed E-state index contributed by atoms with van der Waals surface area (Å²) in [5, 5.41) is 4.02. The molecule has 20 heavy (non-hydrogen) atoms. The van der Waals surface area contributed by atoms with Crippen molar-refractivity contribution >= 4 is 26.6 Å². The third kappa shape index (κ3) is 3.26. The van der Waals surface area contributed by atoms with Gasteiger partial charge < -0.3 is 5.32 Å². The Morgan fingerprint density at radius 3 is 2.85 bits per heavy atom. The van der Waals surface area contributed by atoms with Crippen molar-refractivity contribution in [2.75, 3.05) is 17.0 Å². The molecule has 0 spiro atoms. The van der Waals surface area contributed by atoms with Crippen LogP contribution in [0.1, 0.15) is 12.8 Å². The lowest BCUT2D eigenvalue weighted by molar-refractivity contribution is 0.595. The molecule has 5 nitrogen and oxygen atoms in total. The van der Waals surface area contributed by atoms with E-state index in [1.54, 1.807) is 24.4 Å². The minimum atomic E-state index is -3.33. The minimum Gasteiger partial charge on any atom is -0.313 e. The van der Waals surface area contributed by atoms with E-state index in [9.17, 15) is 8.42 Å². The first-order chi connectivity index (χ1) is 9.64. The van der Waals surface area contributed by atoms with Gasteiger partial charge in [-0.2, -0.15) is 0 Å². The number of anilines is 1. The average Bonchev–Trinajstić information content (AvgIpc) is 3.23. The summed E-state index contributed by atoms with van der Waals surface area (Å²) in [6.07, 6.45) is 4.01. The summed E-state index contributed by atoms with van der Waals surface area (Å²) >= 11 is 0. The molecule has 0 aliphatic heterocycles. The highest BCUT2D eigenvalue weighted by molar-refractivity contribution is 7.92. The standard InChI is InChI=1S/C14H17N3O2S/c18-20(19,10-9-15-11-6-7-11)17-14-5-1-4-13-12(14)3-2-8-16-13/h1-5,8,11,15,17H,6-7,9-10H2. The van der Waals surface area contributed by atoms with E-state index >= 15 is 0 Å². The van der Waals surface area contributed by atoms with Crippen LogP contribution in [0.15, 0.2) is 36.5 Å². The van der Waals surface area contributed by atoms with Gasteiger partial charge in [0.05, 0.1) is 17.0 Å². The van der Waals surface area contributed by atoms with Crippen LogP contribution in [0.5, 0.6) is 0 Å². The molecule has 2 N–H and O–H groups in total. The van der Waals surface area contributed by atoms with Crippen LogP contribution in [0.3, 0.4) is 0 Å². The number of nitrogens with zero attached hydrogens (tertiary/aromatic N) is 1. The summed E-state index contributed by atoms with van der Waals surface area (Å²) in [7, 11) is -3.33. The van der Waals surface area contributed by atoms with Gasteiger partial charge in [-0.3, -0.25) is 9.71 Å². The molecule has 0 atom stereocenters. The molecule has 1 aromatic heterocycles. The Morgan fingerprint density at radius 1 is 1.20 bits per heavy atom. The highest BCUT2D eigenvalue weighted by Crippen LogP contribution is 2.22. The van der Waals surface area contributed by atoms with Crippen LogP contribution in [0.4, 0.5) is 5.69 Å². The highest BCUT2D eigenvalue weighted by Gasteiger charge is 2.21. The summed E-state index contributed by atoms with van der Waals surface area (Å²) in [4.78, 5) is 4.22. The summed E-state index contributed by atoms with van der Waals surface area (Å²) < 4.78 is 26.8. The van der Waals surface area contributed by atoms with E-state index in [0.717, 1.165) is 23.7 Å². The second-order valence-corrected chi connectivity index (χ2v) is 6.87. The number of hydrogen-bond acceptors (Lipinski definition) is 4. The van der Waals surface area contributed by atoms with Crippen LogP contribution >= 0.6 is 0 Å². The number of hydrogen-bond donors (Lipinski definition) is 2. The van der Waals surface area contributed by atoms with E-state index in [1.165, 1.54) is 0 Å². The molecule has 106 valence electrons. The van der Waals surface area contributed by atoms with Crippen LogP contribution < -0.4 is 10.0 Å².